The molecule has 0 atom stereocenters. The van der Waals surface area contributed by atoms with Crippen molar-refractivity contribution in [2.75, 3.05) is 6.54 Å². The molecule has 0 saturated carbocycles. The third-order valence-electron chi connectivity index (χ3n) is 1.95. The zero-order valence-electron chi connectivity index (χ0n) is 8.80. The van der Waals surface area contributed by atoms with Gasteiger partial charge in [-0.2, -0.15) is 0 Å². The molecule has 0 aliphatic heterocycles. The van der Waals surface area contributed by atoms with E-state index < -0.39 is 0 Å². The van der Waals surface area contributed by atoms with Gasteiger partial charge in [0, 0.05) is 0 Å². The topological polar surface area (TPSA) is 26.0 Å². The summed E-state index contributed by atoms with van der Waals surface area (Å²) < 4.78 is 0. The Labute approximate surface area is 89.2 Å². The Balaban J connectivity index is 0. The summed E-state index contributed by atoms with van der Waals surface area (Å²) in [6, 6.07) is 0. The summed E-state index contributed by atoms with van der Waals surface area (Å²) in [5.41, 5.74) is 5.39. The van der Waals surface area contributed by atoms with Crippen molar-refractivity contribution in [2.24, 2.45) is 5.73 Å². The first-order chi connectivity index (χ1) is 5.91. The minimum absolute atomic E-state index is 0. The number of hydrogen-bond donors (Lipinski definition) is 1. The van der Waals surface area contributed by atoms with Crippen molar-refractivity contribution in [1.29, 1.82) is 0 Å². The van der Waals surface area contributed by atoms with Gasteiger partial charge in [-0.25, -0.2) is 0 Å². The molecule has 0 radical (unpaired) electrons. The Kier molecular flexibility index (Phi) is 17.3. The molecule has 0 aliphatic carbocycles. The standard InChI is InChI=1S/C11H23N.ClH/c1-2-3-4-5-6-7-8-9-10-11-12;/h4-5H,2-3,6-12H2,1H3;1H. The molecule has 1 nitrogen and oxygen atoms in total. The van der Waals surface area contributed by atoms with Crippen LogP contribution < -0.4 is 5.73 Å². The molecular weight excluding hydrogens is 182 g/mol. The molecule has 0 aromatic carbocycles. The molecule has 0 saturated heterocycles. The highest BCUT2D eigenvalue weighted by atomic mass is 35.5. The van der Waals surface area contributed by atoms with E-state index >= 15 is 0 Å². The number of unbranched alkanes of at least 4 members (excludes halogenated alkanes) is 5. The number of halogens is 1. The Hall–Kier alpha value is -0.0100. The van der Waals surface area contributed by atoms with Gasteiger partial charge in [-0.3, -0.25) is 0 Å². The molecule has 0 aromatic rings. The van der Waals surface area contributed by atoms with Gasteiger partial charge in [0.05, 0.1) is 0 Å². The minimum atomic E-state index is 0. The van der Waals surface area contributed by atoms with Gasteiger partial charge in [0.25, 0.3) is 0 Å². The number of allylic oxidation sites excluding steroid dienone is 2. The fourth-order valence-corrected chi connectivity index (χ4v) is 1.16. The van der Waals surface area contributed by atoms with Crippen LogP contribution in [0.3, 0.4) is 0 Å². The normalized spacial score (nSPS) is 10.3. The van der Waals surface area contributed by atoms with Crippen molar-refractivity contribution in [3.05, 3.63) is 12.2 Å². The van der Waals surface area contributed by atoms with Crippen molar-refractivity contribution in [3.8, 4) is 0 Å². The van der Waals surface area contributed by atoms with Crippen molar-refractivity contribution in [2.45, 2.75) is 51.9 Å². The van der Waals surface area contributed by atoms with Crippen LogP contribution in [0.25, 0.3) is 0 Å². The second kappa shape index (κ2) is 14.5. The lowest BCUT2D eigenvalue weighted by Crippen LogP contribution is -1.97. The Morgan fingerprint density at radius 2 is 1.54 bits per heavy atom. The van der Waals surface area contributed by atoms with E-state index in [-0.39, 0.29) is 12.4 Å². The fraction of sp³-hybridized carbons (Fsp3) is 0.818. The largest absolute Gasteiger partial charge is 0.330 e. The van der Waals surface area contributed by atoms with E-state index in [1.54, 1.807) is 0 Å². The quantitative estimate of drug-likeness (QED) is 0.475. The second-order valence-corrected chi connectivity index (χ2v) is 3.25. The van der Waals surface area contributed by atoms with Gasteiger partial charge in [-0.15, -0.1) is 12.4 Å². The van der Waals surface area contributed by atoms with Crippen molar-refractivity contribution < 1.29 is 0 Å². The number of nitrogens with two attached hydrogens (primary N) is 1. The average Bonchev–Trinajstić information content (AvgIpc) is 2.10. The maximum Gasteiger partial charge on any atom is -0.00773 e. The molecular formula is C11H24ClN. The van der Waals surface area contributed by atoms with E-state index in [2.05, 4.69) is 19.1 Å². The van der Waals surface area contributed by atoms with Gasteiger partial charge in [-0.1, -0.05) is 38.3 Å². The van der Waals surface area contributed by atoms with Crippen LogP contribution in [0, 0.1) is 0 Å². The fourth-order valence-electron chi connectivity index (χ4n) is 1.16. The number of rotatable bonds is 8. The summed E-state index contributed by atoms with van der Waals surface area (Å²) in [6.45, 7) is 3.07. The summed E-state index contributed by atoms with van der Waals surface area (Å²) in [7, 11) is 0. The Bertz CT molecular complexity index is 102. The molecule has 0 unspecified atom stereocenters. The van der Waals surface area contributed by atoms with Gasteiger partial charge < -0.3 is 5.73 Å². The summed E-state index contributed by atoms with van der Waals surface area (Å²) >= 11 is 0. The molecule has 0 bridgehead atoms. The van der Waals surface area contributed by atoms with Gasteiger partial charge >= 0.3 is 0 Å². The highest BCUT2D eigenvalue weighted by Gasteiger charge is 1.85. The van der Waals surface area contributed by atoms with Crippen molar-refractivity contribution in [1.82, 2.24) is 0 Å². The Morgan fingerprint density at radius 3 is 2.15 bits per heavy atom. The molecule has 0 amide bonds. The predicted molar refractivity (Wildman–Crippen MR) is 63.4 cm³/mol. The van der Waals surface area contributed by atoms with Gasteiger partial charge in [0.15, 0.2) is 0 Å². The zero-order chi connectivity index (χ0) is 9.07. The third kappa shape index (κ3) is 14.8. The average molecular weight is 206 g/mol. The Morgan fingerprint density at radius 1 is 0.923 bits per heavy atom. The van der Waals surface area contributed by atoms with Crippen LogP contribution in [0.2, 0.25) is 0 Å². The lowest BCUT2D eigenvalue weighted by molar-refractivity contribution is 0.652. The van der Waals surface area contributed by atoms with E-state index in [9.17, 15) is 0 Å². The van der Waals surface area contributed by atoms with Crippen LogP contribution in [0.4, 0.5) is 0 Å². The van der Waals surface area contributed by atoms with Crippen LogP contribution >= 0.6 is 12.4 Å². The van der Waals surface area contributed by atoms with Crippen molar-refractivity contribution in [3.63, 3.8) is 0 Å². The first-order valence-corrected chi connectivity index (χ1v) is 5.27. The van der Waals surface area contributed by atoms with Crippen LogP contribution in [-0.2, 0) is 0 Å². The molecule has 0 fully saturated rings. The van der Waals surface area contributed by atoms with E-state index in [0.29, 0.717) is 0 Å². The molecule has 0 spiro atoms. The van der Waals surface area contributed by atoms with Crippen LogP contribution in [0.15, 0.2) is 12.2 Å². The predicted octanol–water partition coefficient (Wildman–Crippen LogP) is 3.67. The maximum atomic E-state index is 5.39. The molecule has 2 N–H and O–H groups in total. The SMILES string of the molecule is CCCC=CCCCCCCN.Cl. The minimum Gasteiger partial charge on any atom is -0.330 e. The summed E-state index contributed by atoms with van der Waals surface area (Å²) in [4.78, 5) is 0. The second-order valence-electron chi connectivity index (χ2n) is 3.25. The lowest BCUT2D eigenvalue weighted by Gasteiger charge is -1.95. The van der Waals surface area contributed by atoms with E-state index in [0.717, 1.165) is 6.54 Å². The summed E-state index contributed by atoms with van der Waals surface area (Å²) in [5, 5.41) is 0. The van der Waals surface area contributed by atoms with Crippen LogP contribution in [-0.4, -0.2) is 6.54 Å². The summed E-state index contributed by atoms with van der Waals surface area (Å²) in [6.07, 6.45) is 13.5. The molecule has 13 heavy (non-hydrogen) atoms. The van der Waals surface area contributed by atoms with E-state index in [1.165, 1.54) is 44.9 Å². The van der Waals surface area contributed by atoms with Gasteiger partial charge in [0.1, 0.15) is 0 Å². The molecule has 0 aromatic heterocycles. The number of hydrogen-bond acceptors (Lipinski definition) is 1. The first kappa shape index (κ1) is 15.5. The van der Waals surface area contributed by atoms with E-state index in [4.69, 9.17) is 5.73 Å². The van der Waals surface area contributed by atoms with Crippen molar-refractivity contribution >= 4 is 12.4 Å². The van der Waals surface area contributed by atoms with E-state index in [1.807, 2.05) is 0 Å². The first-order valence-electron chi connectivity index (χ1n) is 5.27. The monoisotopic (exact) mass is 205 g/mol. The zero-order valence-corrected chi connectivity index (χ0v) is 9.61. The third-order valence-corrected chi connectivity index (χ3v) is 1.95. The maximum absolute atomic E-state index is 5.39. The highest BCUT2D eigenvalue weighted by molar-refractivity contribution is 5.85. The van der Waals surface area contributed by atoms with Gasteiger partial charge in [-0.05, 0) is 32.2 Å². The molecule has 2 heteroatoms. The van der Waals surface area contributed by atoms with Gasteiger partial charge in [0.2, 0.25) is 0 Å². The van der Waals surface area contributed by atoms with Crippen LogP contribution in [0.1, 0.15) is 51.9 Å². The van der Waals surface area contributed by atoms with Crippen LogP contribution in [0.5, 0.6) is 0 Å². The summed E-state index contributed by atoms with van der Waals surface area (Å²) in [5.74, 6) is 0. The highest BCUT2D eigenvalue weighted by Crippen LogP contribution is 2.03. The smallest absolute Gasteiger partial charge is 0.00773 e. The molecule has 80 valence electrons. The molecule has 0 rings (SSSR count). The molecule has 0 aliphatic rings. The lowest BCUT2D eigenvalue weighted by atomic mass is 10.1. The molecule has 0 heterocycles.